The quantitative estimate of drug-likeness (QED) is 0.505. The third-order valence-corrected chi connectivity index (χ3v) is 7.94. The van der Waals surface area contributed by atoms with Crippen LogP contribution in [0.2, 0.25) is 0 Å². The average molecular weight is 464 g/mol. The number of carbonyl (C=O) groups is 2. The van der Waals surface area contributed by atoms with Crippen LogP contribution in [0, 0.1) is 23.7 Å². The third-order valence-electron chi connectivity index (χ3n) is 7.94. The van der Waals surface area contributed by atoms with Crippen LogP contribution in [0.5, 0.6) is 0 Å². The van der Waals surface area contributed by atoms with E-state index in [9.17, 15) is 9.59 Å². The first-order chi connectivity index (χ1) is 15.8. The van der Waals surface area contributed by atoms with Gasteiger partial charge in [-0.2, -0.15) is 0 Å². The van der Waals surface area contributed by atoms with E-state index in [1.54, 1.807) is 18.4 Å². The predicted molar refractivity (Wildman–Crippen MR) is 113 cm³/mol. The summed E-state index contributed by atoms with van der Waals surface area (Å²) in [5.74, 6) is -0.239. The van der Waals surface area contributed by atoms with Crippen molar-refractivity contribution in [3.05, 3.63) is 24.2 Å². The Morgan fingerprint density at radius 2 is 2.00 bits per heavy atom. The lowest BCUT2D eigenvalue weighted by atomic mass is 9.58. The van der Waals surface area contributed by atoms with Gasteiger partial charge in [-0.15, -0.1) is 0 Å². The van der Waals surface area contributed by atoms with Crippen LogP contribution in [0.1, 0.15) is 65.1 Å². The van der Waals surface area contributed by atoms with Crippen molar-refractivity contribution in [3.8, 4) is 0 Å². The van der Waals surface area contributed by atoms with Crippen LogP contribution in [0.3, 0.4) is 0 Å². The second kappa shape index (κ2) is 8.69. The van der Waals surface area contributed by atoms with Crippen molar-refractivity contribution in [2.75, 3.05) is 0 Å². The number of amides is 1. The number of hydrogen-bond donors (Lipinski definition) is 1. The van der Waals surface area contributed by atoms with E-state index in [4.69, 9.17) is 28.4 Å². The summed E-state index contributed by atoms with van der Waals surface area (Å²) in [5.41, 5.74) is -0.693. The molecule has 4 saturated heterocycles. The molecule has 5 aliphatic rings. The Morgan fingerprint density at radius 1 is 1.15 bits per heavy atom. The van der Waals surface area contributed by atoms with Crippen molar-refractivity contribution < 1.29 is 38.0 Å². The fraction of sp³-hybridized carbons (Fsp3) is 0.750. The molecule has 0 radical (unpaired) electrons. The van der Waals surface area contributed by atoms with E-state index in [-0.39, 0.29) is 43.0 Å². The Balaban J connectivity index is 1.22. The first-order valence-electron chi connectivity index (χ1n) is 12.0. The van der Waals surface area contributed by atoms with Crippen LogP contribution in [0.25, 0.3) is 0 Å². The van der Waals surface area contributed by atoms with E-state index in [0.29, 0.717) is 11.7 Å². The molecule has 1 amide bonds. The molecule has 0 aromatic carbocycles. The molecule has 1 unspecified atom stereocenters. The maximum atomic E-state index is 12.6. The molecule has 6 rings (SSSR count). The summed E-state index contributed by atoms with van der Waals surface area (Å²) < 4.78 is 23.4. The van der Waals surface area contributed by atoms with Crippen LogP contribution < -0.4 is 5.32 Å². The van der Waals surface area contributed by atoms with Gasteiger partial charge in [0.15, 0.2) is 11.9 Å². The van der Waals surface area contributed by atoms with Gasteiger partial charge in [-0.1, -0.05) is 13.8 Å². The topological polar surface area (TPSA) is 105 Å². The summed E-state index contributed by atoms with van der Waals surface area (Å²) in [6, 6.07) is 3.53. The molecule has 1 spiro atoms. The summed E-state index contributed by atoms with van der Waals surface area (Å²) in [6.07, 6.45) is 3.78. The van der Waals surface area contributed by atoms with E-state index in [2.05, 4.69) is 12.2 Å². The minimum absolute atomic E-state index is 0.0303. The van der Waals surface area contributed by atoms with E-state index in [1.165, 1.54) is 0 Å². The van der Waals surface area contributed by atoms with Crippen molar-refractivity contribution in [1.82, 2.24) is 5.32 Å². The summed E-state index contributed by atoms with van der Waals surface area (Å²) >= 11 is 0. The minimum Gasteiger partial charge on any atom is -0.467 e. The van der Waals surface area contributed by atoms with Gasteiger partial charge in [-0.25, -0.2) is 9.78 Å². The van der Waals surface area contributed by atoms with E-state index >= 15 is 0 Å². The molecule has 182 valence electrons. The van der Waals surface area contributed by atoms with Gasteiger partial charge in [0.1, 0.15) is 5.76 Å². The molecule has 9 nitrogen and oxygen atoms in total. The van der Waals surface area contributed by atoms with Gasteiger partial charge in [0, 0.05) is 24.7 Å². The molecule has 1 N–H and O–H groups in total. The van der Waals surface area contributed by atoms with E-state index in [1.807, 2.05) is 13.8 Å². The highest BCUT2D eigenvalue weighted by Crippen LogP contribution is 2.60. The van der Waals surface area contributed by atoms with Gasteiger partial charge in [0.05, 0.1) is 19.2 Å². The number of ether oxygens (including phenoxy) is 3. The number of fused-ring (bicyclic) bond motifs is 2. The average Bonchev–Trinajstić information content (AvgIpc) is 3.21. The summed E-state index contributed by atoms with van der Waals surface area (Å²) in [6.45, 7) is 6.43. The third kappa shape index (κ3) is 4.09. The van der Waals surface area contributed by atoms with Crippen LogP contribution >= 0.6 is 0 Å². The van der Waals surface area contributed by atoms with Gasteiger partial charge >= 0.3 is 5.97 Å². The molecule has 9 heteroatoms. The van der Waals surface area contributed by atoms with Crippen LogP contribution in [0.4, 0.5) is 0 Å². The number of esters is 1. The second-order valence-corrected chi connectivity index (χ2v) is 10.1. The first-order valence-corrected chi connectivity index (χ1v) is 12.0. The van der Waals surface area contributed by atoms with Crippen molar-refractivity contribution in [1.29, 1.82) is 0 Å². The highest BCUT2D eigenvalue weighted by Gasteiger charge is 2.69. The molecule has 5 fully saturated rings. The lowest BCUT2D eigenvalue weighted by molar-refractivity contribution is -0.576. The fourth-order valence-corrected chi connectivity index (χ4v) is 6.10. The molecule has 5 heterocycles. The van der Waals surface area contributed by atoms with Crippen LogP contribution in [-0.4, -0.2) is 35.8 Å². The molecule has 1 saturated carbocycles. The zero-order valence-corrected chi connectivity index (χ0v) is 19.4. The number of carbonyl (C=O) groups excluding carboxylic acids is 2. The number of hydrogen-bond acceptors (Lipinski definition) is 8. The molecular formula is C24H33NO8. The maximum absolute atomic E-state index is 12.6. The van der Waals surface area contributed by atoms with E-state index in [0.717, 1.165) is 25.7 Å². The van der Waals surface area contributed by atoms with Crippen molar-refractivity contribution >= 4 is 11.9 Å². The normalized spacial score (nSPS) is 41.7. The van der Waals surface area contributed by atoms with Gasteiger partial charge < -0.3 is 23.9 Å². The molecule has 1 aromatic heterocycles. The van der Waals surface area contributed by atoms with Gasteiger partial charge in [-0.3, -0.25) is 9.59 Å². The van der Waals surface area contributed by atoms with Crippen molar-refractivity contribution in [2.45, 2.75) is 89.8 Å². The molecule has 1 aromatic rings. The Hall–Kier alpha value is -1.94. The van der Waals surface area contributed by atoms with Gasteiger partial charge in [-0.05, 0) is 50.2 Å². The standard InChI is InChI=1S/C24H33NO8/c1-14-6-7-18-15(2)21(29-20(27)9-8-19(26)25-13-16-5-4-12-28-16)30-22-24(18)17(14)10-11-23(3,31-22)32-33-24/h4-5,12,14-15,17-18,21-22H,6-11,13H2,1-3H3,(H,25,26)/t14-,15-,17+,18+,21-,22-,23-,24?/m1/s1. The van der Waals surface area contributed by atoms with Crippen LogP contribution in [-0.2, 0) is 40.1 Å². The first kappa shape index (κ1) is 22.8. The van der Waals surface area contributed by atoms with Crippen LogP contribution in [0.15, 0.2) is 22.8 Å². The molecular weight excluding hydrogens is 430 g/mol. The summed E-state index contributed by atoms with van der Waals surface area (Å²) in [7, 11) is 0. The predicted octanol–water partition coefficient (Wildman–Crippen LogP) is 3.43. The zero-order chi connectivity index (χ0) is 23.2. The fourth-order valence-electron chi connectivity index (χ4n) is 6.10. The lowest BCUT2D eigenvalue weighted by Gasteiger charge is -2.59. The smallest absolute Gasteiger partial charge is 0.308 e. The maximum Gasteiger partial charge on any atom is 0.308 e. The Bertz CT molecular complexity index is 874. The van der Waals surface area contributed by atoms with Gasteiger partial charge in [0.2, 0.25) is 18.0 Å². The highest BCUT2D eigenvalue weighted by molar-refractivity contribution is 5.81. The van der Waals surface area contributed by atoms with Gasteiger partial charge in [0.25, 0.3) is 0 Å². The number of furan rings is 1. The lowest BCUT2D eigenvalue weighted by Crippen LogP contribution is -2.70. The molecule has 4 aliphatic heterocycles. The number of nitrogens with one attached hydrogen (secondary N) is 1. The summed E-state index contributed by atoms with van der Waals surface area (Å²) in [5, 5.41) is 2.73. The SMILES string of the molecule is C[C@H]1[C@H](OC(=O)CCC(=O)NCc2ccco2)O[C@@H]2O[C@@]3(C)CC[C@H]4[C@H](C)CC[C@@H]1C24OO3. The molecule has 2 bridgehead atoms. The zero-order valence-electron chi connectivity index (χ0n) is 19.4. The van der Waals surface area contributed by atoms with Crippen molar-refractivity contribution in [3.63, 3.8) is 0 Å². The molecule has 33 heavy (non-hydrogen) atoms. The van der Waals surface area contributed by atoms with E-state index < -0.39 is 29.9 Å². The summed E-state index contributed by atoms with van der Waals surface area (Å²) in [4.78, 5) is 36.5. The Morgan fingerprint density at radius 3 is 2.79 bits per heavy atom. The number of rotatable bonds is 6. The molecule has 8 atom stereocenters. The van der Waals surface area contributed by atoms with Crippen molar-refractivity contribution in [2.24, 2.45) is 23.7 Å². The monoisotopic (exact) mass is 463 g/mol. The highest BCUT2D eigenvalue weighted by atomic mass is 17.3. The Kier molecular flexibility index (Phi) is 6.01. The second-order valence-electron chi connectivity index (χ2n) is 10.1. The molecule has 1 aliphatic carbocycles. The minimum atomic E-state index is -0.876. The largest absolute Gasteiger partial charge is 0.467 e. The Labute approximate surface area is 193 Å².